The van der Waals surface area contributed by atoms with E-state index in [1.54, 1.807) is 19.2 Å². The lowest BCUT2D eigenvalue weighted by molar-refractivity contribution is -0.131. The number of unbranched alkanes of at least 4 members (excludes halogenated alkanes) is 1. The number of aliphatic carboxylic acids is 1. The number of benzene rings is 2. The second-order valence-electron chi connectivity index (χ2n) is 5.30. The molecule has 0 fully saturated rings. The summed E-state index contributed by atoms with van der Waals surface area (Å²) in [4.78, 5) is 11.9. The van der Waals surface area contributed by atoms with E-state index in [0.717, 1.165) is 30.2 Å². The Balaban J connectivity index is 1.75. The molecule has 25 heavy (non-hydrogen) atoms. The summed E-state index contributed by atoms with van der Waals surface area (Å²) in [5, 5.41) is 8.67. The normalized spacial score (nSPS) is 10.8. The van der Waals surface area contributed by atoms with Gasteiger partial charge < -0.3 is 14.6 Å². The minimum absolute atomic E-state index is 0.603. The molecule has 2 aromatic carbocycles. The van der Waals surface area contributed by atoms with Crippen LogP contribution in [-0.2, 0) is 4.79 Å². The maximum absolute atomic E-state index is 10.6. The van der Waals surface area contributed by atoms with Gasteiger partial charge in [0.05, 0.1) is 13.7 Å². The molecule has 0 saturated heterocycles. The Bertz CT molecular complexity index is 698. The van der Waals surface area contributed by atoms with Gasteiger partial charge in [-0.25, -0.2) is 4.79 Å². The van der Waals surface area contributed by atoms with E-state index in [1.165, 1.54) is 11.0 Å². The van der Waals surface area contributed by atoms with E-state index < -0.39 is 5.97 Å². The van der Waals surface area contributed by atoms with E-state index in [0.29, 0.717) is 18.1 Å². The molecule has 0 saturated carbocycles. The summed E-state index contributed by atoms with van der Waals surface area (Å²) < 4.78 is 11.1. The first-order valence-electron chi connectivity index (χ1n) is 8.09. The van der Waals surface area contributed by atoms with Crippen LogP contribution in [0.2, 0.25) is 0 Å². The van der Waals surface area contributed by atoms with E-state index in [9.17, 15) is 4.79 Å². The molecular formula is C20H22O4S. The lowest BCUT2D eigenvalue weighted by atomic mass is 10.2. The molecule has 0 aliphatic heterocycles. The minimum atomic E-state index is -0.979. The number of carboxylic acid groups (broad SMARTS) is 1. The predicted molar refractivity (Wildman–Crippen MR) is 102 cm³/mol. The molecule has 4 nitrogen and oxygen atoms in total. The molecule has 0 aromatic heterocycles. The van der Waals surface area contributed by atoms with E-state index in [4.69, 9.17) is 14.6 Å². The van der Waals surface area contributed by atoms with E-state index in [1.807, 2.05) is 36.0 Å². The molecule has 0 amide bonds. The highest BCUT2D eigenvalue weighted by molar-refractivity contribution is 7.99. The Hall–Kier alpha value is -2.40. The minimum Gasteiger partial charge on any atom is -0.493 e. The standard InChI is InChI=1S/C20H22O4S/c1-23-19-15-16(10-12-20(21)22)9-11-18(19)24-13-5-6-14-25-17-7-3-2-4-8-17/h2-4,7-12,15H,5-6,13-14H2,1H3,(H,21,22). The smallest absolute Gasteiger partial charge is 0.328 e. The summed E-state index contributed by atoms with van der Waals surface area (Å²) in [5.41, 5.74) is 0.755. The number of thioether (sulfide) groups is 1. The molecule has 2 rings (SSSR count). The third kappa shape index (κ3) is 6.93. The van der Waals surface area contributed by atoms with Gasteiger partial charge >= 0.3 is 5.97 Å². The fourth-order valence-electron chi connectivity index (χ4n) is 2.17. The van der Waals surface area contributed by atoms with Crippen LogP contribution in [-0.4, -0.2) is 30.5 Å². The average molecular weight is 358 g/mol. The molecule has 0 atom stereocenters. The first kappa shape index (κ1) is 18.9. The number of carbonyl (C=O) groups is 1. The zero-order valence-electron chi connectivity index (χ0n) is 14.2. The van der Waals surface area contributed by atoms with Gasteiger partial charge in [0, 0.05) is 11.0 Å². The largest absolute Gasteiger partial charge is 0.493 e. The van der Waals surface area contributed by atoms with Gasteiger partial charge in [-0.15, -0.1) is 11.8 Å². The van der Waals surface area contributed by atoms with Gasteiger partial charge in [-0.05, 0) is 54.5 Å². The zero-order valence-corrected chi connectivity index (χ0v) is 15.0. The van der Waals surface area contributed by atoms with Crippen LogP contribution in [0.15, 0.2) is 59.5 Å². The first-order valence-corrected chi connectivity index (χ1v) is 9.07. The summed E-state index contributed by atoms with van der Waals surface area (Å²) in [6.07, 6.45) is 4.65. The van der Waals surface area contributed by atoms with Crippen molar-refractivity contribution in [1.82, 2.24) is 0 Å². The maximum Gasteiger partial charge on any atom is 0.328 e. The molecular weight excluding hydrogens is 336 g/mol. The summed E-state index contributed by atoms with van der Waals surface area (Å²) in [5.74, 6) is 1.35. The van der Waals surface area contributed by atoms with Crippen LogP contribution >= 0.6 is 11.8 Å². The first-order chi connectivity index (χ1) is 12.2. The van der Waals surface area contributed by atoms with Crippen molar-refractivity contribution in [3.05, 3.63) is 60.2 Å². The second-order valence-corrected chi connectivity index (χ2v) is 6.47. The summed E-state index contributed by atoms with van der Waals surface area (Å²) in [6.45, 7) is 0.621. The molecule has 0 aliphatic rings. The number of hydrogen-bond donors (Lipinski definition) is 1. The fourth-order valence-corrected chi connectivity index (χ4v) is 3.10. The Morgan fingerprint density at radius 1 is 1.12 bits per heavy atom. The highest BCUT2D eigenvalue weighted by Crippen LogP contribution is 2.29. The molecule has 0 radical (unpaired) electrons. The van der Waals surface area contributed by atoms with Gasteiger partial charge in [-0.1, -0.05) is 24.3 Å². The molecule has 2 aromatic rings. The van der Waals surface area contributed by atoms with Crippen LogP contribution in [0.1, 0.15) is 18.4 Å². The zero-order chi connectivity index (χ0) is 17.9. The molecule has 132 valence electrons. The number of hydrogen-bond acceptors (Lipinski definition) is 4. The van der Waals surface area contributed by atoms with Gasteiger partial charge in [0.2, 0.25) is 0 Å². The van der Waals surface area contributed by atoms with Gasteiger partial charge in [0.15, 0.2) is 11.5 Å². The van der Waals surface area contributed by atoms with Gasteiger partial charge in [-0.2, -0.15) is 0 Å². The number of rotatable bonds is 10. The van der Waals surface area contributed by atoms with Gasteiger partial charge in [0.1, 0.15) is 0 Å². The quantitative estimate of drug-likeness (QED) is 0.377. The number of methoxy groups -OCH3 is 1. The van der Waals surface area contributed by atoms with Gasteiger partial charge in [-0.3, -0.25) is 0 Å². The van der Waals surface area contributed by atoms with Crippen LogP contribution in [0.4, 0.5) is 0 Å². The Morgan fingerprint density at radius 2 is 1.92 bits per heavy atom. The Labute approximate surface area is 152 Å². The highest BCUT2D eigenvalue weighted by Gasteiger charge is 2.05. The maximum atomic E-state index is 10.6. The van der Waals surface area contributed by atoms with Crippen molar-refractivity contribution in [2.24, 2.45) is 0 Å². The van der Waals surface area contributed by atoms with Gasteiger partial charge in [0.25, 0.3) is 0 Å². The van der Waals surface area contributed by atoms with Crippen molar-refractivity contribution >= 4 is 23.8 Å². The number of carboxylic acids is 1. The van der Waals surface area contributed by atoms with E-state index >= 15 is 0 Å². The van der Waals surface area contributed by atoms with Crippen molar-refractivity contribution in [3.63, 3.8) is 0 Å². The summed E-state index contributed by atoms with van der Waals surface area (Å²) in [7, 11) is 1.57. The Morgan fingerprint density at radius 3 is 2.64 bits per heavy atom. The molecule has 0 bridgehead atoms. The lowest BCUT2D eigenvalue weighted by Gasteiger charge is -2.11. The van der Waals surface area contributed by atoms with Crippen LogP contribution in [0, 0.1) is 0 Å². The lowest BCUT2D eigenvalue weighted by Crippen LogP contribution is -2.00. The fraction of sp³-hybridized carbons (Fsp3) is 0.250. The van der Waals surface area contributed by atoms with E-state index in [2.05, 4.69) is 12.1 Å². The topological polar surface area (TPSA) is 55.8 Å². The molecule has 1 N–H and O–H groups in total. The third-order valence-corrected chi connectivity index (χ3v) is 4.51. The third-order valence-electron chi connectivity index (χ3n) is 3.41. The Kier molecular flexibility index (Phi) is 7.92. The monoisotopic (exact) mass is 358 g/mol. The molecule has 0 unspecified atom stereocenters. The van der Waals surface area contributed by atoms with E-state index in [-0.39, 0.29) is 0 Å². The van der Waals surface area contributed by atoms with Crippen molar-refractivity contribution in [3.8, 4) is 11.5 Å². The van der Waals surface area contributed by atoms with Crippen LogP contribution in [0.5, 0.6) is 11.5 Å². The predicted octanol–water partition coefficient (Wildman–Crippen LogP) is 4.74. The summed E-state index contributed by atoms with van der Waals surface area (Å²) in [6, 6.07) is 15.7. The highest BCUT2D eigenvalue weighted by atomic mass is 32.2. The van der Waals surface area contributed by atoms with Crippen LogP contribution in [0.3, 0.4) is 0 Å². The molecule has 5 heteroatoms. The second kappa shape index (κ2) is 10.5. The van der Waals surface area contributed by atoms with Crippen molar-refractivity contribution in [1.29, 1.82) is 0 Å². The molecule has 0 heterocycles. The molecule has 0 spiro atoms. The van der Waals surface area contributed by atoms with Crippen LogP contribution < -0.4 is 9.47 Å². The number of ether oxygens (including phenoxy) is 2. The summed E-state index contributed by atoms with van der Waals surface area (Å²) >= 11 is 1.85. The SMILES string of the molecule is COc1cc(C=CC(=O)O)ccc1OCCCCSc1ccccc1. The average Bonchev–Trinajstić information content (AvgIpc) is 2.64. The van der Waals surface area contributed by atoms with Crippen molar-refractivity contribution in [2.45, 2.75) is 17.7 Å². The van der Waals surface area contributed by atoms with Crippen molar-refractivity contribution < 1.29 is 19.4 Å². The molecule has 0 aliphatic carbocycles. The van der Waals surface area contributed by atoms with Crippen molar-refractivity contribution in [2.75, 3.05) is 19.5 Å². The van der Waals surface area contributed by atoms with Crippen LogP contribution in [0.25, 0.3) is 6.08 Å².